The van der Waals surface area contributed by atoms with Gasteiger partial charge in [-0.2, -0.15) is 0 Å². The molecule has 0 spiro atoms. The average Bonchev–Trinajstić information content (AvgIpc) is 2.64. The molecule has 15 heavy (non-hydrogen) atoms. The Hall–Kier alpha value is -1.75. The van der Waals surface area contributed by atoms with Crippen molar-refractivity contribution in [3.63, 3.8) is 0 Å². The van der Waals surface area contributed by atoms with Crippen LogP contribution < -0.4 is 5.32 Å². The number of hydrogen-bond donors (Lipinski definition) is 1. The number of thiazole rings is 1. The first-order valence-corrected chi connectivity index (χ1v) is 5.26. The molecule has 0 saturated carbocycles. The number of nitrogens with zero attached hydrogens (tertiary/aromatic N) is 2. The van der Waals surface area contributed by atoms with Crippen molar-refractivity contribution in [2.45, 2.75) is 6.92 Å². The molecule has 0 aliphatic carbocycles. The summed E-state index contributed by atoms with van der Waals surface area (Å²) in [4.78, 5) is 18.9. The smallest absolute Gasteiger partial charge is 0.188 e. The zero-order valence-electron chi connectivity index (χ0n) is 8.10. The molecular formula is C10H9N3OS. The molecular weight excluding hydrogens is 210 g/mol. The molecule has 0 aliphatic rings. The highest BCUT2D eigenvalue weighted by Gasteiger charge is 2.00. The van der Waals surface area contributed by atoms with Gasteiger partial charge in [-0.1, -0.05) is 0 Å². The van der Waals surface area contributed by atoms with Crippen LogP contribution in [0.15, 0.2) is 23.7 Å². The summed E-state index contributed by atoms with van der Waals surface area (Å²) in [6, 6.07) is 3.34. The monoisotopic (exact) mass is 219 g/mol. The van der Waals surface area contributed by atoms with Crippen molar-refractivity contribution in [3.8, 4) is 0 Å². The van der Waals surface area contributed by atoms with E-state index in [1.54, 1.807) is 18.3 Å². The third kappa shape index (κ3) is 2.38. The molecule has 0 bridgehead atoms. The lowest BCUT2D eigenvalue weighted by Crippen LogP contribution is -1.93. The van der Waals surface area contributed by atoms with Gasteiger partial charge in [0.15, 0.2) is 5.13 Å². The molecule has 0 radical (unpaired) electrons. The summed E-state index contributed by atoms with van der Waals surface area (Å²) < 4.78 is 0. The summed E-state index contributed by atoms with van der Waals surface area (Å²) in [5.41, 5.74) is 1.56. The van der Waals surface area contributed by atoms with E-state index in [0.717, 1.165) is 17.1 Å². The van der Waals surface area contributed by atoms with Gasteiger partial charge < -0.3 is 5.32 Å². The topological polar surface area (TPSA) is 54.9 Å². The van der Waals surface area contributed by atoms with E-state index < -0.39 is 0 Å². The molecule has 4 nitrogen and oxygen atoms in total. The maximum Gasteiger partial charge on any atom is 0.188 e. The second-order valence-electron chi connectivity index (χ2n) is 3.01. The Bertz CT molecular complexity index is 481. The van der Waals surface area contributed by atoms with E-state index in [9.17, 15) is 4.79 Å². The average molecular weight is 219 g/mol. The molecule has 2 aromatic rings. The number of nitrogens with one attached hydrogen (secondary N) is 1. The van der Waals surface area contributed by atoms with E-state index in [2.05, 4.69) is 15.3 Å². The van der Waals surface area contributed by atoms with Crippen LogP contribution in [0.5, 0.6) is 0 Å². The summed E-state index contributed by atoms with van der Waals surface area (Å²) in [7, 11) is 0. The van der Waals surface area contributed by atoms with Crippen molar-refractivity contribution in [3.05, 3.63) is 35.0 Å². The third-order valence-corrected chi connectivity index (χ3v) is 2.65. The van der Waals surface area contributed by atoms with Crippen LogP contribution in [0, 0.1) is 6.92 Å². The van der Waals surface area contributed by atoms with Crippen LogP contribution >= 0.6 is 11.3 Å². The van der Waals surface area contributed by atoms with E-state index in [-0.39, 0.29) is 0 Å². The van der Waals surface area contributed by atoms with Crippen LogP contribution in [-0.2, 0) is 0 Å². The number of aryl methyl sites for hydroxylation is 1. The van der Waals surface area contributed by atoms with Gasteiger partial charge in [0.05, 0.1) is 5.69 Å². The van der Waals surface area contributed by atoms with E-state index in [1.165, 1.54) is 11.3 Å². The first-order valence-electron chi connectivity index (χ1n) is 4.38. The van der Waals surface area contributed by atoms with E-state index in [4.69, 9.17) is 0 Å². The molecule has 1 N–H and O–H groups in total. The zero-order valence-corrected chi connectivity index (χ0v) is 8.91. The molecule has 0 aromatic carbocycles. The molecule has 0 aliphatic heterocycles. The Kier molecular flexibility index (Phi) is 2.73. The number of anilines is 2. The van der Waals surface area contributed by atoms with E-state index in [1.807, 2.05) is 12.3 Å². The van der Waals surface area contributed by atoms with Crippen LogP contribution in [0.4, 0.5) is 10.9 Å². The summed E-state index contributed by atoms with van der Waals surface area (Å²) in [5.74, 6) is 0.633. The molecule has 2 heterocycles. The minimum absolute atomic E-state index is 0.598. The minimum atomic E-state index is 0.598. The highest BCUT2D eigenvalue weighted by atomic mass is 32.1. The number of carbonyl (C=O) groups is 1. The van der Waals surface area contributed by atoms with Crippen LogP contribution in [0.1, 0.15) is 16.1 Å². The summed E-state index contributed by atoms with van der Waals surface area (Å²) >= 11 is 1.51. The van der Waals surface area contributed by atoms with E-state index >= 15 is 0 Å². The second kappa shape index (κ2) is 4.18. The highest BCUT2D eigenvalue weighted by molar-refractivity contribution is 7.13. The molecule has 0 atom stereocenters. The lowest BCUT2D eigenvalue weighted by Gasteiger charge is -2.00. The first kappa shape index (κ1) is 9.79. The Balaban J connectivity index is 2.20. The fraction of sp³-hybridized carbons (Fsp3) is 0.100. The van der Waals surface area contributed by atoms with Crippen molar-refractivity contribution >= 4 is 28.6 Å². The fourth-order valence-corrected chi connectivity index (χ4v) is 1.80. The molecule has 2 aromatic heterocycles. The van der Waals surface area contributed by atoms with Crippen LogP contribution in [-0.4, -0.2) is 16.3 Å². The molecule has 0 fully saturated rings. The second-order valence-corrected chi connectivity index (χ2v) is 3.87. The minimum Gasteiger partial charge on any atom is -0.316 e. The zero-order chi connectivity index (χ0) is 10.7. The van der Waals surface area contributed by atoms with Gasteiger partial charge in [0, 0.05) is 17.1 Å². The number of rotatable bonds is 3. The first-order chi connectivity index (χ1) is 7.28. The van der Waals surface area contributed by atoms with Gasteiger partial charge >= 0.3 is 0 Å². The molecule has 0 amide bonds. The molecule has 0 unspecified atom stereocenters. The van der Waals surface area contributed by atoms with Crippen LogP contribution in [0.3, 0.4) is 0 Å². The quantitative estimate of drug-likeness (QED) is 0.805. The highest BCUT2D eigenvalue weighted by Crippen LogP contribution is 2.19. The number of hydrogen-bond acceptors (Lipinski definition) is 5. The Morgan fingerprint density at radius 3 is 3.07 bits per heavy atom. The standard InChI is InChI=1S/C10H9N3OS/c1-7-6-15-10(12-7)13-9-4-8(5-14)2-3-11-9/h2-6H,1H3,(H,11,12,13). The number of aldehydes is 1. The van der Waals surface area contributed by atoms with Crippen LogP contribution in [0.2, 0.25) is 0 Å². The maximum atomic E-state index is 10.5. The largest absolute Gasteiger partial charge is 0.316 e. The normalized spacial score (nSPS) is 9.93. The number of aromatic nitrogens is 2. The summed E-state index contributed by atoms with van der Waals surface area (Å²) in [6.07, 6.45) is 2.38. The van der Waals surface area contributed by atoms with Gasteiger partial charge in [-0.15, -0.1) is 11.3 Å². The SMILES string of the molecule is Cc1csc(Nc2cc(C=O)ccn2)n1. The maximum absolute atomic E-state index is 10.5. The Morgan fingerprint density at radius 2 is 2.40 bits per heavy atom. The predicted molar refractivity (Wildman–Crippen MR) is 59.8 cm³/mol. The van der Waals surface area contributed by atoms with Gasteiger partial charge in [0.1, 0.15) is 12.1 Å². The predicted octanol–water partition coefficient (Wildman–Crippen LogP) is 2.40. The fourth-order valence-electron chi connectivity index (χ4n) is 1.11. The molecule has 0 saturated heterocycles. The van der Waals surface area contributed by atoms with Gasteiger partial charge in [0.25, 0.3) is 0 Å². The van der Waals surface area contributed by atoms with Crippen molar-refractivity contribution in [2.24, 2.45) is 0 Å². The van der Waals surface area contributed by atoms with Crippen molar-refractivity contribution in [1.29, 1.82) is 0 Å². The van der Waals surface area contributed by atoms with Gasteiger partial charge in [-0.3, -0.25) is 4.79 Å². The lowest BCUT2D eigenvalue weighted by atomic mass is 10.3. The van der Waals surface area contributed by atoms with E-state index in [0.29, 0.717) is 11.4 Å². The summed E-state index contributed by atoms with van der Waals surface area (Å²) in [6.45, 7) is 1.93. The van der Waals surface area contributed by atoms with Gasteiger partial charge in [-0.25, -0.2) is 9.97 Å². The van der Waals surface area contributed by atoms with Gasteiger partial charge in [-0.05, 0) is 19.1 Å². The van der Waals surface area contributed by atoms with Crippen molar-refractivity contribution in [2.75, 3.05) is 5.32 Å². The Morgan fingerprint density at radius 1 is 1.53 bits per heavy atom. The van der Waals surface area contributed by atoms with Crippen molar-refractivity contribution in [1.82, 2.24) is 9.97 Å². The Labute approximate surface area is 91.0 Å². The van der Waals surface area contributed by atoms with Crippen molar-refractivity contribution < 1.29 is 4.79 Å². The lowest BCUT2D eigenvalue weighted by molar-refractivity contribution is 0.112. The molecule has 5 heteroatoms. The number of carbonyl (C=O) groups excluding carboxylic acids is 1. The third-order valence-electron chi connectivity index (χ3n) is 1.77. The molecule has 76 valence electrons. The van der Waals surface area contributed by atoms with Gasteiger partial charge in [0.2, 0.25) is 0 Å². The molecule has 2 rings (SSSR count). The summed E-state index contributed by atoms with van der Waals surface area (Å²) in [5, 5.41) is 5.77. The van der Waals surface area contributed by atoms with Crippen LogP contribution in [0.25, 0.3) is 0 Å². The number of pyridine rings is 1.